The lowest BCUT2D eigenvalue weighted by molar-refractivity contribution is 0.154. The zero-order chi connectivity index (χ0) is 18.9. The van der Waals surface area contributed by atoms with Crippen LogP contribution in [0.15, 0.2) is 42.7 Å². The lowest BCUT2D eigenvalue weighted by atomic mass is 9.81. The number of β-amino-alcohol motifs (C(OH)–C–C–N with tert-alkyl or cyclic N) is 1. The van der Waals surface area contributed by atoms with Crippen LogP contribution in [-0.2, 0) is 0 Å². The van der Waals surface area contributed by atoms with Gasteiger partial charge >= 0.3 is 0 Å². The van der Waals surface area contributed by atoms with E-state index in [2.05, 4.69) is 50.3 Å². The fourth-order valence-corrected chi connectivity index (χ4v) is 4.85. The van der Waals surface area contributed by atoms with Crippen LogP contribution in [0, 0.1) is 5.92 Å². The third-order valence-electron chi connectivity index (χ3n) is 6.34. The van der Waals surface area contributed by atoms with Crippen LogP contribution in [0.2, 0.25) is 0 Å². The van der Waals surface area contributed by atoms with Gasteiger partial charge in [-0.25, -0.2) is 10.4 Å². The minimum atomic E-state index is -0.250. The molecular formula is C21H28N6O. The molecule has 0 bridgehead atoms. The highest BCUT2D eigenvalue weighted by Gasteiger charge is 2.42. The van der Waals surface area contributed by atoms with Crippen molar-refractivity contribution in [1.29, 1.82) is 0 Å². The van der Waals surface area contributed by atoms with Crippen molar-refractivity contribution in [2.75, 3.05) is 24.5 Å². The number of fused-ring (bicyclic) bond motifs is 1. The van der Waals surface area contributed by atoms with Gasteiger partial charge in [0.05, 0.1) is 17.8 Å². The lowest BCUT2D eigenvalue weighted by Gasteiger charge is -2.34. The number of aromatic nitrogens is 2. The van der Waals surface area contributed by atoms with Gasteiger partial charge in [0.25, 0.3) is 0 Å². The number of anilines is 1. The first-order valence-corrected chi connectivity index (χ1v) is 10.3. The van der Waals surface area contributed by atoms with Crippen molar-refractivity contribution in [3.63, 3.8) is 0 Å². The van der Waals surface area contributed by atoms with E-state index >= 15 is 0 Å². The van der Waals surface area contributed by atoms with Crippen LogP contribution in [0.4, 0.5) is 5.82 Å². The Morgan fingerprint density at radius 3 is 2.96 bits per heavy atom. The second-order valence-corrected chi connectivity index (χ2v) is 8.18. The molecule has 0 spiro atoms. The van der Waals surface area contributed by atoms with Gasteiger partial charge in [-0.05, 0) is 43.0 Å². The molecule has 7 heteroatoms. The molecule has 0 radical (unpaired) electrons. The van der Waals surface area contributed by atoms with Gasteiger partial charge in [0, 0.05) is 50.0 Å². The summed E-state index contributed by atoms with van der Waals surface area (Å²) in [4.78, 5) is 11.5. The zero-order valence-corrected chi connectivity index (χ0v) is 16.0. The third-order valence-corrected chi connectivity index (χ3v) is 6.34. The van der Waals surface area contributed by atoms with Gasteiger partial charge < -0.3 is 15.3 Å². The first-order chi connectivity index (χ1) is 13.8. The first-order valence-electron chi connectivity index (χ1n) is 10.3. The number of hydrogen-bond acceptors (Lipinski definition) is 7. The van der Waals surface area contributed by atoms with Crippen LogP contribution < -0.4 is 21.1 Å². The summed E-state index contributed by atoms with van der Waals surface area (Å²) in [6.07, 6.45) is 6.47. The Labute approximate surface area is 165 Å². The molecule has 2 aromatic rings. The second-order valence-electron chi connectivity index (χ2n) is 8.18. The van der Waals surface area contributed by atoms with Crippen molar-refractivity contribution < 1.29 is 5.11 Å². The molecule has 28 heavy (non-hydrogen) atoms. The van der Waals surface area contributed by atoms with Gasteiger partial charge in [-0.2, -0.15) is 0 Å². The smallest absolute Gasteiger partial charge is 0.128 e. The van der Waals surface area contributed by atoms with Crippen molar-refractivity contribution >= 4 is 5.82 Å². The van der Waals surface area contributed by atoms with E-state index in [0.29, 0.717) is 24.5 Å². The number of piperidine rings is 2. The molecule has 3 aliphatic heterocycles. The summed E-state index contributed by atoms with van der Waals surface area (Å²) < 4.78 is 0. The van der Waals surface area contributed by atoms with Crippen molar-refractivity contribution in [2.24, 2.45) is 5.92 Å². The predicted molar refractivity (Wildman–Crippen MR) is 108 cm³/mol. The van der Waals surface area contributed by atoms with E-state index in [1.165, 1.54) is 5.56 Å². The Balaban J connectivity index is 1.35. The van der Waals surface area contributed by atoms with Crippen molar-refractivity contribution in [2.45, 2.75) is 43.5 Å². The van der Waals surface area contributed by atoms with Gasteiger partial charge in [-0.3, -0.25) is 10.4 Å². The standard InChI is InChI=1S/C21H28N6O/c28-15-5-3-9-27(13-15)20-7-1-6-17(24-20)21-16-10-18(14-4-2-8-22-11-14)23-12-19(16)25-26-21/h1-2,4,6-8,11,15-16,18-19,21,23,25-26,28H,3,5,9-10,12-13H2/t15-,16?,18?,19?,21?/m1/s1. The van der Waals surface area contributed by atoms with Crippen LogP contribution in [-0.4, -0.2) is 46.9 Å². The molecule has 7 nitrogen and oxygen atoms in total. The molecule has 0 saturated carbocycles. The fourth-order valence-electron chi connectivity index (χ4n) is 4.85. The summed E-state index contributed by atoms with van der Waals surface area (Å²) >= 11 is 0. The zero-order valence-electron chi connectivity index (χ0n) is 16.0. The fraction of sp³-hybridized carbons (Fsp3) is 0.524. The quantitative estimate of drug-likeness (QED) is 0.639. The molecule has 3 fully saturated rings. The monoisotopic (exact) mass is 380 g/mol. The minimum absolute atomic E-state index is 0.181. The Morgan fingerprint density at radius 1 is 1.14 bits per heavy atom. The second kappa shape index (κ2) is 7.75. The number of hydrazine groups is 1. The molecule has 0 aromatic carbocycles. The maximum absolute atomic E-state index is 10.0. The molecular weight excluding hydrogens is 352 g/mol. The van der Waals surface area contributed by atoms with E-state index in [1.807, 2.05) is 18.5 Å². The molecule has 3 saturated heterocycles. The Morgan fingerprint density at radius 2 is 2.11 bits per heavy atom. The third kappa shape index (κ3) is 3.51. The van der Waals surface area contributed by atoms with Crippen LogP contribution >= 0.6 is 0 Å². The largest absolute Gasteiger partial charge is 0.391 e. The predicted octanol–water partition coefficient (Wildman–Crippen LogP) is 1.31. The average Bonchev–Trinajstić information content (AvgIpc) is 3.18. The van der Waals surface area contributed by atoms with Gasteiger partial charge in [0.1, 0.15) is 5.82 Å². The number of aliphatic hydroxyl groups excluding tert-OH is 1. The molecule has 2 aromatic heterocycles. The van der Waals surface area contributed by atoms with Crippen LogP contribution in [0.1, 0.15) is 42.6 Å². The topological polar surface area (TPSA) is 85.3 Å². The minimum Gasteiger partial charge on any atom is -0.391 e. The normalized spacial score (nSPS) is 32.9. The first kappa shape index (κ1) is 18.0. The number of nitrogens with one attached hydrogen (secondary N) is 3. The van der Waals surface area contributed by atoms with Crippen LogP contribution in [0.3, 0.4) is 0 Å². The molecule has 4 unspecified atom stereocenters. The maximum Gasteiger partial charge on any atom is 0.128 e. The lowest BCUT2D eigenvalue weighted by Crippen LogP contribution is -2.46. The van der Waals surface area contributed by atoms with Gasteiger partial charge in [-0.15, -0.1) is 0 Å². The highest BCUT2D eigenvalue weighted by atomic mass is 16.3. The molecule has 4 N–H and O–H groups in total. The highest BCUT2D eigenvalue weighted by Crippen LogP contribution is 2.38. The number of aliphatic hydroxyl groups is 1. The summed E-state index contributed by atoms with van der Waals surface area (Å²) in [5.74, 6) is 1.43. The van der Waals surface area contributed by atoms with E-state index in [0.717, 1.165) is 43.9 Å². The van der Waals surface area contributed by atoms with Crippen LogP contribution in [0.25, 0.3) is 0 Å². The Bertz CT molecular complexity index is 802. The number of hydrogen-bond donors (Lipinski definition) is 4. The average molecular weight is 380 g/mol. The van der Waals surface area contributed by atoms with Gasteiger partial charge in [0.15, 0.2) is 0 Å². The molecule has 5 atom stereocenters. The molecule has 0 amide bonds. The van der Waals surface area contributed by atoms with Crippen molar-refractivity contribution in [3.05, 3.63) is 54.0 Å². The van der Waals surface area contributed by atoms with E-state index in [-0.39, 0.29) is 12.1 Å². The Hall–Kier alpha value is -2.06. The van der Waals surface area contributed by atoms with E-state index < -0.39 is 0 Å². The molecule has 3 aliphatic rings. The van der Waals surface area contributed by atoms with E-state index in [4.69, 9.17) is 4.98 Å². The van der Waals surface area contributed by atoms with E-state index in [1.54, 1.807) is 0 Å². The number of nitrogens with zero attached hydrogens (tertiary/aromatic N) is 3. The summed E-state index contributed by atoms with van der Waals surface area (Å²) in [6.45, 7) is 2.56. The van der Waals surface area contributed by atoms with Gasteiger partial charge in [0.2, 0.25) is 0 Å². The molecule has 5 rings (SSSR count). The number of rotatable bonds is 3. The summed E-state index contributed by atoms with van der Waals surface area (Å²) in [7, 11) is 0. The molecule has 148 valence electrons. The number of pyridine rings is 2. The van der Waals surface area contributed by atoms with Crippen molar-refractivity contribution in [1.82, 2.24) is 26.1 Å². The summed E-state index contributed by atoms with van der Waals surface area (Å²) in [5.41, 5.74) is 9.27. The van der Waals surface area contributed by atoms with Crippen LogP contribution in [0.5, 0.6) is 0 Å². The highest BCUT2D eigenvalue weighted by molar-refractivity contribution is 5.40. The summed E-state index contributed by atoms with van der Waals surface area (Å²) in [6, 6.07) is 11.3. The van der Waals surface area contributed by atoms with Crippen molar-refractivity contribution in [3.8, 4) is 0 Å². The SMILES string of the molecule is O[C@@H]1CCCN(c2cccc(C3NNC4CNC(c5cccnc5)CC43)n2)C1. The molecule has 0 aliphatic carbocycles. The van der Waals surface area contributed by atoms with Gasteiger partial charge in [-0.1, -0.05) is 12.1 Å². The molecule has 5 heterocycles. The maximum atomic E-state index is 10.0. The Kier molecular flexibility index (Phi) is 4.98. The summed E-state index contributed by atoms with van der Waals surface area (Å²) in [5, 5.41) is 13.7. The van der Waals surface area contributed by atoms with E-state index in [9.17, 15) is 5.11 Å².